The molecule has 4 atom stereocenters. The SMILES string of the molecule is C[C@H]1CCCC2CCC[C@@H](Cl)C21C. The summed E-state index contributed by atoms with van der Waals surface area (Å²) in [5.41, 5.74) is 0.456. The molecule has 0 bridgehead atoms. The van der Waals surface area contributed by atoms with E-state index in [1.807, 2.05) is 0 Å². The van der Waals surface area contributed by atoms with E-state index >= 15 is 0 Å². The van der Waals surface area contributed by atoms with E-state index in [-0.39, 0.29) is 0 Å². The molecule has 0 spiro atoms. The average molecular weight is 201 g/mol. The van der Waals surface area contributed by atoms with Crippen LogP contribution in [0.3, 0.4) is 0 Å². The Bertz CT molecular complexity index is 172. The van der Waals surface area contributed by atoms with E-state index in [9.17, 15) is 0 Å². The summed E-state index contributed by atoms with van der Waals surface area (Å²) in [6.45, 7) is 4.85. The second-order valence-corrected chi connectivity index (χ2v) is 5.82. The van der Waals surface area contributed by atoms with Crippen molar-refractivity contribution in [1.29, 1.82) is 0 Å². The summed E-state index contributed by atoms with van der Waals surface area (Å²) in [4.78, 5) is 0. The van der Waals surface area contributed by atoms with Crippen molar-refractivity contribution < 1.29 is 0 Å². The molecule has 2 saturated carbocycles. The first kappa shape index (κ1) is 9.83. The predicted molar refractivity (Wildman–Crippen MR) is 58.1 cm³/mol. The van der Waals surface area contributed by atoms with Gasteiger partial charge in [-0.25, -0.2) is 0 Å². The van der Waals surface area contributed by atoms with Crippen molar-refractivity contribution in [3.8, 4) is 0 Å². The molecule has 0 N–H and O–H groups in total. The van der Waals surface area contributed by atoms with Crippen molar-refractivity contribution in [3.05, 3.63) is 0 Å². The van der Waals surface area contributed by atoms with Crippen molar-refractivity contribution in [2.75, 3.05) is 0 Å². The van der Waals surface area contributed by atoms with E-state index in [1.54, 1.807) is 0 Å². The van der Waals surface area contributed by atoms with Crippen LogP contribution in [-0.4, -0.2) is 5.38 Å². The lowest BCUT2D eigenvalue weighted by molar-refractivity contribution is 0.0154. The first-order chi connectivity index (χ1) is 6.15. The molecule has 76 valence electrons. The van der Waals surface area contributed by atoms with Gasteiger partial charge in [-0.05, 0) is 36.5 Å². The van der Waals surface area contributed by atoms with E-state index in [4.69, 9.17) is 11.6 Å². The second kappa shape index (κ2) is 3.46. The minimum Gasteiger partial charge on any atom is -0.122 e. The fraction of sp³-hybridized carbons (Fsp3) is 1.00. The summed E-state index contributed by atoms with van der Waals surface area (Å²) < 4.78 is 0. The quantitative estimate of drug-likeness (QED) is 0.514. The summed E-state index contributed by atoms with van der Waals surface area (Å²) in [5.74, 6) is 1.77. The molecule has 2 unspecified atom stereocenters. The number of alkyl halides is 1. The van der Waals surface area contributed by atoms with E-state index in [1.165, 1.54) is 38.5 Å². The van der Waals surface area contributed by atoms with Gasteiger partial charge in [0, 0.05) is 5.38 Å². The Morgan fingerprint density at radius 2 is 1.69 bits per heavy atom. The van der Waals surface area contributed by atoms with Crippen LogP contribution in [0, 0.1) is 17.3 Å². The molecule has 0 amide bonds. The third kappa shape index (κ3) is 1.42. The van der Waals surface area contributed by atoms with Gasteiger partial charge in [-0.3, -0.25) is 0 Å². The van der Waals surface area contributed by atoms with E-state index in [0.717, 1.165) is 11.8 Å². The van der Waals surface area contributed by atoms with Gasteiger partial charge < -0.3 is 0 Å². The highest BCUT2D eigenvalue weighted by Gasteiger charge is 2.48. The van der Waals surface area contributed by atoms with Gasteiger partial charge in [0.15, 0.2) is 0 Å². The number of hydrogen-bond acceptors (Lipinski definition) is 0. The van der Waals surface area contributed by atoms with Crippen LogP contribution in [0.1, 0.15) is 52.4 Å². The Morgan fingerprint density at radius 1 is 1.08 bits per heavy atom. The number of fused-ring (bicyclic) bond motifs is 1. The standard InChI is InChI=1S/C12H21Cl/c1-9-5-3-6-10-7-4-8-11(13)12(9,10)2/h9-11H,3-8H2,1-2H3/t9-,10?,11+,12?/m0/s1. The monoisotopic (exact) mass is 200 g/mol. The molecule has 2 rings (SSSR count). The fourth-order valence-electron chi connectivity index (χ4n) is 3.57. The van der Waals surface area contributed by atoms with Crippen LogP contribution in [-0.2, 0) is 0 Å². The molecule has 2 aliphatic rings. The molecule has 13 heavy (non-hydrogen) atoms. The molecule has 2 fully saturated rings. The minimum atomic E-state index is 0.446. The third-order valence-electron chi connectivity index (χ3n) is 4.82. The van der Waals surface area contributed by atoms with Crippen LogP contribution >= 0.6 is 11.6 Å². The van der Waals surface area contributed by atoms with E-state index in [2.05, 4.69) is 13.8 Å². The molecule has 0 radical (unpaired) electrons. The number of hydrogen-bond donors (Lipinski definition) is 0. The maximum absolute atomic E-state index is 6.53. The molecule has 0 heterocycles. The molecule has 2 aliphatic carbocycles. The van der Waals surface area contributed by atoms with Gasteiger partial charge >= 0.3 is 0 Å². The first-order valence-electron chi connectivity index (χ1n) is 5.79. The highest BCUT2D eigenvalue weighted by Crippen LogP contribution is 2.54. The van der Waals surface area contributed by atoms with Crippen LogP contribution in [0.2, 0.25) is 0 Å². The third-order valence-corrected chi connectivity index (χ3v) is 5.50. The van der Waals surface area contributed by atoms with Crippen molar-refractivity contribution >= 4 is 11.6 Å². The maximum Gasteiger partial charge on any atom is 0.0394 e. The Balaban J connectivity index is 2.22. The molecular formula is C12H21Cl. The smallest absolute Gasteiger partial charge is 0.0394 e. The Morgan fingerprint density at radius 3 is 2.31 bits per heavy atom. The molecule has 0 aromatic carbocycles. The highest BCUT2D eigenvalue weighted by atomic mass is 35.5. The molecule has 0 aliphatic heterocycles. The van der Waals surface area contributed by atoms with Gasteiger partial charge in [-0.1, -0.05) is 33.1 Å². The van der Waals surface area contributed by atoms with E-state index in [0.29, 0.717) is 10.8 Å². The van der Waals surface area contributed by atoms with Crippen molar-refractivity contribution in [1.82, 2.24) is 0 Å². The van der Waals surface area contributed by atoms with E-state index < -0.39 is 0 Å². The predicted octanol–water partition coefficient (Wildman–Crippen LogP) is 4.22. The highest BCUT2D eigenvalue weighted by molar-refractivity contribution is 6.21. The zero-order valence-electron chi connectivity index (χ0n) is 8.85. The topological polar surface area (TPSA) is 0 Å². The molecule has 0 aromatic rings. The summed E-state index contributed by atoms with van der Waals surface area (Å²) in [5, 5.41) is 0.446. The number of halogens is 1. The van der Waals surface area contributed by atoms with Gasteiger partial charge in [-0.15, -0.1) is 11.6 Å². The summed E-state index contributed by atoms with van der Waals surface area (Å²) in [7, 11) is 0. The Kier molecular flexibility index (Phi) is 2.61. The van der Waals surface area contributed by atoms with Crippen LogP contribution in [0.15, 0.2) is 0 Å². The Hall–Kier alpha value is 0.290. The van der Waals surface area contributed by atoms with Gasteiger partial charge in [0.1, 0.15) is 0 Å². The second-order valence-electron chi connectivity index (χ2n) is 5.29. The van der Waals surface area contributed by atoms with Gasteiger partial charge in [-0.2, -0.15) is 0 Å². The van der Waals surface area contributed by atoms with Crippen molar-refractivity contribution in [2.45, 2.75) is 57.7 Å². The Labute approximate surface area is 87.0 Å². The van der Waals surface area contributed by atoms with Gasteiger partial charge in [0.25, 0.3) is 0 Å². The average Bonchev–Trinajstić information content (AvgIpc) is 2.10. The summed E-state index contributed by atoms with van der Waals surface area (Å²) in [6, 6.07) is 0. The molecule has 0 aromatic heterocycles. The molecule has 0 saturated heterocycles. The minimum absolute atomic E-state index is 0.446. The van der Waals surface area contributed by atoms with Crippen LogP contribution in [0.5, 0.6) is 0 Å². The number of rotatable bonds is 0. The van der Waals surface area contributed by atoms with Gasteiger partial charge in [0.2, 0.25) is 0 Å². The zero-order valence-corrected chi connectivity index (χ0v) is 9.61. The normalized spacial score (nSPS) is 51.5. The lowest BCUT2D eigenvalue weighted by Gasteiger charge is -2.52. The van der Waals surface area contributed by atoms with Crippen LogP contribution < -0.4 is 0 Å². The fourth-order valence-corrected chi connectivity index (χ4v) is 4.12. The zero-order chi connectivity index (χ0) is 9.47. The lowest BCUT2D eigenvalue weighted by atomic mass is 9.56. The maximum atomic E-state index is 6.53. The summed E-state index contributed by atoms with van der Waals surface area (Å²) >= 11 is 6.53. The summed E-state index contributed by atoms with van der Waals surface area (Å²) in [6.07, 6.45) is 8.31. The molecule has 0 nitrogen and oxygen atoms in total. The largest absolute Gasteiger partial charge is 0.122 e. The van der Waals surface area contributed by atoms with Crippen molar-refractivity contribution in [2.24, 2.45) is 17.3 Å². The van der Waals surface area contributed by atoms with Crippen LogP contribution in [0.4, 0.5) is 0 Å². The molecule has 1 heteroatoms. The van der Waals surface area contributed by atoms with Crippen molar-refractivity contribution in [3.63, 3.8) is 0 Å². The first-order valence-corrected chi connectivity index (χ1v) is 6.23. The van der Waals surface area contributed by atoms with Gasteiger partial charge in [0.05, 0.1) is 0 Å². The lowest BCUT2D eigenvalue weighted by Crippen LogP contribution is -2.47. The van der Waals surface area contributed by atoms with Crippen LogP contribution in [0.25, 0.3) is 0 Å². The molecular weight excluding hydrogens is 180 g/mol.